The lowest BCUT2D eigenvalue weighted by Gasteiger charge is -2.47. The molecule has 0 spiro atoms. The summed E-state index contributed by atoms with van der Waals surface area (Å²) < 4.78 is 52.0. The molecule has 2 bridgehead atoms. The van der Waals surface area contributed by atoms with Gasteiger partial charge in [0, 0.05) is 23.8 Å². The molecule has 13 atom stereocenters. The highest BCUT2D eigenvalue weighted by Gasteiger charge is 2.57. The van der Waals surface area contributed by atoms with Crippen LogP contribution in [0.25, 0.3) is 10.7 Å². The largest absolute Gasteiger partial charge is 0.457 e. The van der Waals surface area contributed by atoms with E-state index in [1.54, 1.807) is 41.8 Å². The minimum Gasteiger partial charge on any atom is -0.457 e. The van der Waals surface area contributed by atoms with Crippen LogP contribution in [0.5, 0.6) is 0 Å². The van der Waals surface area contributed by atoms with Gasteiger partial charge in [-0.1, -0.05) is 32.9 Å². The van der Waals surface area contributed by atoms with Gasteiger partial charge in [0.05, 0.1) is 55.2 Å². The van der Waals surface area contributed by atoms with E-state index in [1.807, 2.05) is 11.8 Å². The normalized spacial score (nSPS) is 38.7. The number of alkyl halides is 1. The molecule has 4 N–H and O–H groups in total. The molecule has 3 saturated heterocycles. The second kappa shape index (κ2) is 18.6. The number of esters is 1. The van der Waals surface area contributed by atoms with Gasteiger partial charge in [0.1, 0.15) is 35.0 Å². The smallest absolute Gasteiger partial charge is 0.351 e. The number of carbonyl (C=O) groups is 3. The number of likely N-dealkylation sites (N-methyl/N-ethyl adjacent to an activating group) is 1. The fraction of sp³-hybridized carbons (Fsp3) is 0.744. The summed E-state index contributed by atoms with van der Waals surface area (Å²) in [6.45, 7) is 11.0. The van der Waals surface area contributed by atoms with Crippen molar-refractivity contribution < 1.29 is 57.5 Å². The van der Waals surface area contributed by atoms with Crippen LogP contribution in [0.4, 0.5) is 10.3 Å². The molecule has 0 radical (unpaired) electrons. The molecule has 0 aliphatic carbocycles. The first-order chi connectivity index (χ1) is 27.6. The van der Waals surface area contributed by atoms with Crippen molar-refractivity contribution >= 4 is 40.7 Å². The molecule has 0 unspecified atom stereocenters. The highest BCUT2D eigenvalue weighted by molar-refractivity contribution is 7.09. The van der Waals surface area contributed by atoms with Gasteiger partial charge in [0.2, 0.25) is 5.95 Å². The number of cyclic esters (lactones) is 1. The summed E-state index contributed by atoms with van der Waals surface area (Å²) >= 11 is 1.08. The topological polar surface area (TPSA) is 240 Å². The Kier molecular flexibility index (Phi) is 14.6. The van der Waals surface area contributed by atoms with Crippen molar-refractivity contribution in [3.63, 3.8) is 0 Å². The van der Waals surface area contributed by atoms with E-state index >= 15 is 4.39 Å². The highest BCUT2D eigenvalue weighted by Crippen LogP contribution is 2.40. The number of aromatic nitrogens is 4. The fourth-order valence-electron chi connectivity index (χ4n) is 8.27. The lowest BCUT2D eigenvalue weighted by Crippen LogP contribution is -2.61. The third kappa shape index (κ3) is 10.1. The van der Waals surface area contributed by atoms with E-state index in [0.29, 0.717) is 22.8 Å². The van der Waals surface area contributed by atoms with E-state index in [1.165, 1.54) is 26.2 Å². The third-order valence-electron chi connectivity index (χ3n) is 11.6. The van der Waals surface area contributed by atoms with Gasteiger partial charge in [0.15, 0.2) is 23.7 Å². The van der Waals surface area contributed by atoms with Crippen LogP contribution in [0.1, 0.15) is 80.3 Å². The zero-order chi connectivity index (χ0) is 43.6. The fourth-order valence-corrected chi connectivity index (χ4v) is 8.83. The number of nitrogen functional groups attached to an aromatic ring is 1. The van der Waals surface area contributed by atoms with E-state index in [0.717, 1.165) is 18.5 Å². The third-order valence-corrected chi connectivity index (χ3v) is 12.3. The maximum Gasteiger partial charge on any atom is 0.351 e. The second-order valence-electron chi connectivity index (χ2n) is 16.7. The Balaban J connectivity index is 1.59. The summed E-state index contributed by atoms with van der Waals surface area (Å²) in [5.41, 5.74) is -0.264. The first-order valence-electron chi connectivity index (χ1n) is 19.8. The van der Waals surface area contributed by atoms with Crippen molar-refractivity contribution in [2.45, 2.75) is 141 Å². The van der Waals surface area contributed by atoms with Gasteiger partial charge >= 0.3 is 5.97 Å². The molecule has 2 aromatic heterocycles. The lowest BCUT2D eigenvalue weighted by molar-refractivity contribution is -0.296. The summed E-state index contributed by atoms with van der Waals surface area (Å²) in [6, 6.07) is -0.412. The molecule has 3 fully saturated rings. The number of fused-ring (bicyclic) bond motifs is 5. The van der Waals surface area contributed by atoms with Crippen LogP contribution in [-0.4, -0.2) is 145 Å². The predicted octanol–water partition coefficient (Wildman–Crippen LogP) is 2.69. The quantitative estimate of drug-likeness (QED) is 0.197. The van der Waals surface area contributed by atoms with Crippen LogP contribution in [0.3, 0.4) is 0 Å². The molecule has 59 heavy (non-hydrogen) atoms. The zero-order valence-electron chi connectivity index (χ0n) is 35.3. The summed E-state index contributed by atoms with van der Waals surface area (Å²) in [5.74, 6) is -6.23. The number of hydrogen-bond acceptors (Lipinski definition) is 19. The molecule has 0 amide bonds. The number of aliphatic hydroxyl groups is 2. The van der Waals surface area contributed by atoms with Crippen molar-refractivity contribution in [3.05, 3.63) is 18.1 Å². The predicted molar refractivity (Wildman–Crippen MR) is 211 cm³/mol. The van der Waals surface area contributed by atoms with Crippen molar-refractivity contribution in [2.24, 2.45) is 22.9 Å². The van der Waals surface area contributed by atoms with Gasteiger partial charge in [-0.2, -0.15) is 9.36 Å². The number of nitrogens with two attached hydrogens (primary N) is 1. The number of carbonyl (C=O) groups excluding carboxylic acids is 3. The average molecular weight is 852 g/mol. The SMILES string of the molecule is CC[C@H]1OC(=O)[C@@](C)(F)C(=O)[C@H](C)[C@@H](O[C@@H]2O[C@H](C)C[C@H](N(C)C)[C@H]2O)[C@@]2(C)C[C@@H](C)C(=O)[C@H](C)[C@H](OC/C(=N\OCc3cnc(-c4nc(N)ns4)cn3)CO2)[C@]1(C)O. The van der Waals surface area contributed by atoms with Crippen molar-refractivity contribution in [2.75, 3.05) is 33.0 Å². The molecule has 18 nitrogen and oxygen atoms in total. The van der Waals surface area contributed by atoms with E-state index in [2.05, 4.69) is 24.5 Å². The van der Waals surface area contributed by atoms with E-state index in [9.17, 15) is 24.6 Å². The number of hydrogen-bond donors (Lipinski definition) is 3. The number of rotatable bonds is 8. The average Bonchev–Trinajstić information content (AvgIpc) is 3.62. The van der Waals surface area contributed by atoms with Crippen LogP contribution in [-0.2, 0) is 49.5 Å². The maximum absolute atomic E-state index is 16.8. The summed E-state index contributed by atoms with van der Waals surface area (Å²) in [5, 5.41) is 28.5. The molecular formula is C39H58FN7O11S. The van der Waals surface area contributed by atoms with Gasteiger partial charge in [-0.15, -0.1) is 0 Å². The minimum absolute atomic E-state index is 0.0275. The molecule has 5 rings (SSSR count). The number of anilines is 1. The first kappa shape index (κ1) is 46.4. The van der Waals surface area contributed by atoms with Gasteiger partial charge in [0.25, 0.3) is 5.67 Å². The Morgan fingerprint density at radius 3 is 2.41 bits per heavy atom. The maximum atomic E-state index is 16.8. The number of nitrogens with zero attached hydrogens (tertiary/aromatic N) is 6. The Morgan fingerprint density at radius 2 is 1.80 bits per heavy atom. The number of ether oxygens (including phenoxy) is 5. The minimum atomic E-state index is -3.23. The number of halogens is 1. The van der Waals surface area contributed by atoms with Crippen molar-refractivity contribution in [3.8, 4) is 10.7 Å². The highest BCUT2D eigenvalue weighted by atomic mass is 32.1. The molecular weight excluding hydrogens is 794 g/mol. The number of ketones is 2. The van der Waals surface area contributed by atoms with Gasteiger partial charge in [-0.3, -0.25) is 14.6 Å². The van der Waals surface area contributed by atoms with Gasteiger partial charge in [-0.05, 0) is 72.6 Å². The van der Waals surface area contributed by atoms with Crippen molar-refractivity contribution in [1.29, 1.82) is 0 Å². The molecule has 5 heterocycles. The molecule has 0 aromatic carbocycles. The van der Waals surface area contributed by atoms with Crippen LogP contribution < -0.4 is 5.73 Å². The van der Waals surface area contributed by atoms with Crippen LogP contribution in [0.15, 0.2) is 17.5 Å². The van der Waals surface area contributed by atoms with E-state index < -0.39 is 89.2 Å². The summed E-state index contributed by atoms with van der Waals surface area (Å²) in [7, 11) is 3.61. The van der Waals surface area contributed by atoms with E-state index in [4.69, 9.17) is 34.3 Å². The molecule has 2 aromatic rings. The molecule has 20 heteroatoms. The Morgan fingerprint density at radius 1 is 1.08 bits per heavy atom. The summed E-state index contributed by atoms with van der Waals surface area (Å²) in [4.78, 5) is 62.8. The lowest BCUT2D eigenvalue weighted by atomic mass is 9.74. The number of Topliss-reactive ketones (excluding diaryl/α,β-unsaturated/α-hetero) is 2. The Bertz CT molecular complexity index is 1830. The number of oxime groups is 1. The Labute approximate surface area is 347 Å². The molecule has 0 saturated carbocycles. The second-order valence-corrected chi connectivity index (χ2v) is 17.5. The van der Waals surface area contributed by atoms with E-state index in [-0.39, 0.29) is 50.1 Å². The monoisotopic (exact) mass is 851 g/mol. The van der Waals surface area contributed by atoms with Crippen LogP contribution in [0, 0.1) is 17.8 Å². The summed E-state index contributed by atoms with van der Waals surface area (Å²) in [6.07, 6.45) is -3.80. The standard InChI is InChI=1S/C39H58FN7O11S/c1-11-27-39(8,52)32-21(4)28(48)19(2)13-37(6,54-17-24(16-53-32)45-55-18-23-14-43-25(15-42-23)33-44-36(41)46-59-33)31(22(5)30(50)38(7,40)35(51)57-27)58-34-29(49)26(47(9)10)12-20(3)56-34/h14-15,19-22,26-27,29,31-32,34,49,52H,11-13,16-18H2,1-10H3,(H2,41,46)/b45-24+/t19-,20-,21+,22+,26+,27-,29-,31-,32+,34+,37-,38+,39-/m1/s1. The van der Waals surface area contributed by atoms with Crippen LogP contribution in [0.2, 0.25) is 0 Å². The van der Waals surface area contributed by atoms with Crippen molar-refractivity contribution in [1.82, 2.24) is 24.2 Å². The Hall–Kier alpha value is -3.63. The van der Waals surface area contributed by atoms with Gasteiger partial charge < -0.3 is 49.4 Å². The molecule has 3 aliphatic rings. The van der Waals surface area contributed by atoms with Crippen LogP contribution >= 0.6 is 11.5 Å². The number of aliphatic hydroxyl groups excluding tert-OH is 1. The van der Waals surface area contributed by atoms with Gasteiger partial charge in [-0.25, -0.2) is 14.2 Å². The molecule has 328 valence electrons. The first-order valence-corrected chi connectivity index (χ1v) is 20.6. The zero-order valence-corrected chi connectivity index (χ0v) is 36.1. The molecule has 3 aliphatic heterocycles.